The number of likely N-dealkylation sites (N-methyl/N-ethyl adjacent to an activating group) is 1. The Morgan fingerprint density at radius 3 is 2.62 bits per heavy atom. The second-order valence-corrected chi connectivity index (χ2v) is 8.24. The van der Waals surface area contributed by atoms with Crippen LogP contribution in [0.25, 0.3) is 0 Å². The summed E-state index contributed by atoms with van der Waals surface area (Å²) in [5.41, 5.74) is -0.885. The molecule has 1 N–H and O–H groups in total. The Bertz CT molecular complexity index is 737. The molecule has 1 aliphatic heterocycles. The third-order valence-electron chi connectivity index (χ3n) is 3.87. The standard InChI is InChI=1S/C14H16ClF3N2O3S/c1-20(10-4-5-24(22,23)8-10)13(21)7-19-9-2-3-12(15)11(6-9)14(16,17)18/h2-3,6,10,19H,4-5,7-8H2,1H3. The van der Waals surface area contributed by atoms with Crippen molar-refractivity contribution >= 4 is 33.0 Å². The molecule has 24 heavy (non-hydrogen) atoms. The molecule has 1 saturated heterocycles. The number of nitrogens with zero attached hydrogens (tertiary/aromatic N) is 1. The molecule has 1 unspecified atom stereocenters. The Labute approximate surface area is 142 Å². The van der Waals surface area contributed by atoms with Crippen molar-refractivity contribution < 1.29 is 26.4 Å². The van der Waals surface area contributed by atoms with Crippen LogP contribution in [0, 0.1) is 0 Å². The number of amides is 1. The maximum Gasteiger partial charge on any atom is 0.417 e. The molecular formula is C14H16ClF3N2O3S. The summed E-state index contributed by atoms with van der Waals surface area (Å²) < 4.78 is 61.2. The Kier molecular flexibility index (Phi) is 5.34. The molecule has 0 spiro atoms. The number of nitrogens with one attached hydrogen (secondary N) is 1. The second kappa shape index (κ2) is 6.79. The van der Waals surface area contributed by atoms with Gasteiger partial charge in [0.15, 0.2) is 9.84 Å². The van der Waals surface area contributed by atoms with Gasteiger partial charge < -0.3 is 10.2 Å². The lowest BCUT2D eigenvalue weighted by atomic mass is 10.2. The summed E-state index contributed by atoms with van der Waals surface area (Å²) in [4.78, 5) is 13.4. The number of rotatable bonds is 4. The van der Waals surface area contributed by atoms with E-state index in [0.717, 1.165) is 12.1 Å². The highest BCUT2D eigenvalue weighted by Gasteiger charge is 2.34. The normalized spacial score (nSPS) is 20.0. The van der Waals surface area contributed by atoms with Crippen LogP contribution in [-0.4, -0.2) is 50.4 Å². The second-order valence-electron chi connectivity index (χ2n) is 5.61. The Morgan fingerprint density at radius 2 is 2.08 bits per heavy atom. The lowest BCUT2D eigenvalue weighted by Crippen LogP contribution is -2.40. The van der Waals surface area contributed by atoms with Gasteiger partial charge in [0.05, 0.1) is 28.6 Å². The van der Waals surface area contributed by atoms with Gasteiger partial charge >= 0.3 is 6.18 Å². The molecule has 1 fully saturated rings. The molecule has 0 radical (unpaired) electrons. The number of carbonyl (C=O) groups excluding carboxylic acids is 1. The predicted molar refractivity (Wildman–Crippen MR) is 84.8 cm³/mol. The molecule has 0 aromatic heterocycles. The van der Waals surface area contributed by atoms with Crippen molar-refractivity contribution in [2.24, 2.45) is 0 Å². The first kappa shape index (κ1) is 18.9. The molecule has 1 aromatic carbocycles. The van der Waals surface area contributed by atoms with Crippen molar-refractivity contribution in [1.82, 2.24) is 4.90 Å². The summed E-state index contributed by atoms with van der Waals surface area (Å²) in [7, 11) is -1.64. The zero-order valence-electron chi connectivity index (χ0n) is 12.7. The van der Waals surface area contributed by atoms with E-state index in [4.69, 9.17) is 11.6 Å². The third-order valence-corrected chi connectivity index (χ3v) is 5.94. The number of carbonyl (C=O) groups is 1. The van der Waals surface area contributed by atoms with E-state index in [-0.39, 0.29) is 23.7 Å². The van der Waals surface area contributed by atoms with Gasteiger partial charge in [0, 0.05) is 18.8 Å². The van der Waals surface area contributed by atoms with Crippen LogP contribution in [0.1, 0.15) is 12.0 Å². The van der Waals surface area contributed by atoms with Crippen molar-refractivity contribution in [3.05, 3.63) is 28.8 Å². The van der Waals surface area contributed by atoms with Crippen LogP contribution >= 0.6 is 11.6 Å². The highest BCUT2D eigenvalue weighted by Crippen LogP contribution is 2.36. The van der Waals surface area contributed by atoms with E-state index in [0.29, 0.717) is 6.42 Å². The molecule has 134 valence electrons. The molecule has 0 bridgehead atoms. The van der Waals surface area contributed by atoms with Crippen molar-refractivity contribution in [3.63, 3.8) is 0 Å². The first-order valence-electron chi connectivity index (χ1n) is 7.06. The van der Waals surface area contributed by atoms with Crippen molar-refractivity contribution in [1.29, 1.82) is 0 Å². The van der Waals surface area contributed by atoms with Crippen molar-refractivity contribution in [3.8, 4) is 0 Å². The molecular weight excluding hydrogens is 369 g/mol. The Hall–Kier alpha value is -1.48. The van der Waals surface area contributed by atoms with E-state index in [1.54, 1.807) is 0 Å². The first-order valence-corrected chi connectivity index (χ1v) is 9.26. The molecule has 1 aromatic rings. The molecule has 1 atom stereocenters. The van der Waals surface area contributed by atoms with Gasteiger partial charge in [-0.3, -0.25) is 4.79 Å². The van der Waals surface area contributed by atoms with Gasteiger partial charge in [0.2, 0.25) is 5.91 Å². The van der Waals surface area contributed by atoms with Gasteiger partial charge in [-0.25, -0.2) is 8.42 Å². The molecule has 1 amide bonds. The minimum Gasteiger partial charge on any atom is -0.376 e. The van der Waals surface area contributed by atoms with E-state index in [2.05, 4.69) is 5.32 Å². The summed E-state index contributed by atoms with van der Waals surface area (Å²) in [5, 5.41) is 2.19. The number of halogens is 4. The monoisotopic (exact) mass is 384 g/mol. The van der Waals surface area contributed by atoms with Gasteiger partial charge in [-0.1, -0.05) is 11.6 Å². The highest BCUT2D eigenvalue weighted by molar-refractivity contribution is 7.91. The van der Waals surface area contributed by atoms with E-state index in [1.807, 2.05) is 0 Å². The van der Waals surface area contributed by atoms with Gasteiger partial charge in [-0.2, -0.15) is 13.2 Å². The summed E-state index contributed by atoms with van der Waals surface area (Å²) in [6.45, 7) is -0.244. The molecule has 5 nitrogen and oxygen atoms in total. The predicted octanol–water partition coefficient (Wildman–Crippen LogP) is 2.42. The fraction of sp³-hybridized carbons (Fsp3) is 0.500. The number of benzene rings is 1. The number of sulfone groups is 1. The SMILES string of the molecule is CN(C(=O)CNc1ccc(Cl)c(C(F)(F)F)c1)C1CCS(=O)(=O)C1. The van der Waals surface area contributed by atoms with Gasteiger partial charge in [0.1, 0.15) is 0 Å². The topological polar surface area (TPSA) is 66.5 Å². The van der Waals surface area contributed by atoms with E-state index >= 15 is 0 Å². The summed E-state index contributed by atoms with van der Waals surface area (Å²) in [6.07, 6.45) is -4.22. The maximum atomic E-state index is 12.8. The molecule has 0 saturated carbocycles. The van der Waals surface area contributed by atoms with Gasteiger partial charge in [0.25, 0.3) is 0 Å². The van der Waals surface area contributed by atoms with Crippen LogP contribution in [0.4, 0.5) is 18.9 Å². The van der Waals surface area contributed by atoms with Crippen LogP contribution < -0.4 is 5.32 Å². The van der Waals surface area contributed by atoms with Crippen LogP contribution in [0.15, 0.2) is 18.2 Å². The van der Waals surface area contributed by atoms with Crippen LogP contribution in [0.2, 0.25) is 5.02 Å². The minimum absolute atomic E-state index is 0.0365. The zero-order valence-corrected chi connectivity index (χ0v) is 14.3. The molecule has 1 heterocycles. The number of hydrogen-bond donors (Lipinski definition) is 1. The maximum absolute atomic E-state index is 12.8. The average Bonchev–Trinajstić information content (AvgIpc) is 2.84. The largest absolute Gasteiger partial charge is 0.417 e. The van der Waals surface area contributed by atoms with E-state index in [1.165, 1.54) is 18.0 Å². The summed E-state index contributed by atoms with van der Waals surface area (Å²) in [6, 6.07) is 2.87. The lowest BCUT2D eigenvalue weighted by Gasteiger charge is -2.23. The summed E-state index contributed by atoms with van der Waals surface area (Å²) in [5.74, 6) is -0.455. The average molecular weight is 385 g/mol. The van der Waals surface area contributed by atoms with Gasteiger partial charge in [-0.05, 0) is 24.6 Å². The number of alkyl halides is 3. The van der Waals surface area contributed by atoms with E-state index in [9.17, 15) is 26.4 Å². The van der Waals surface area contributed by atoms with Crippen LogP contribution in [-0.2, 0) is 20.8 Å². The Balaban J connectivity index is 1.99. The molecule has 2 rings (SSSR count). The Morgan fingerprint density at radius 1 is 1.42 bits per heavy atom. The highest BCUT2D eigenvalue weighted by atomic mass is 35.5. The van der Waals surface area contributed by atoms with E-state index < -0.39 is 38.5 Å². The summed E-state index contributed by atoms with van der Waals surface area (Å²) >= 11 is 5.53. The fourth-order valence-electron chi connectivity index (χ4n) is 2.44. The third kappa shape index (κ3) is 4.54. The smallest absolute Gasteiger partial charge is 0.376 e. The quantitative estimate of drug-likeness (QED) is 0.865. The molecule has 0 aliphatic carbocycles. The number of hydrogen-bond acceptors (Lipinski definition) is 4. The lowest BCUT2D eigenvalue weighted by molar-refractivity contribution is -0.137. The zero-order chi connectivity index (χ0) is 18.1. The van der Waals surface area contributed by atoms with Crippen LogP contribution in [0.3, 0.4) is 0 Å². The number of anilines is 1. The van der Waals surface area contributed by atoms with Crippen LogP contribution in [0.5, 0.6) is 0 Å². The minimum atomic E-state index is -4.59. The fourth-order valence-corrected chi connectivity index (χ4v) is 4.44. The van der Waals surface area contributed by atoms with Crippen molar-refractivity contribution in [2.45, 2.75) is 18.6 Å². The molecule has 10 heteroatoms. The molecule has 1 aliphatic rings. The van der Waals surface area contributed by atoms with Crippen molar-refractivity contribution in [2.75, 3.05) is 30.4 Å². The van der Waals surface area contributed by atoms with Gasteiger partial charge in [-0.15, -0.1) is 0 Å². The first-order chi connectivity index (χ1) is 11.0.